The number of benzene rings is 3. The molecule has 0 aliphatic heterocycles. The number of carbonyl (C=O) groups is 1. The zero-order valence-electron chi connectivity index (χ0n) is 18.2. The van der Waals surface area contributed by atoms with E-state index < -0.39 is 0 Å². The van der Waals surface area contributed by atoms with Crippen molar-refractivity contribution in [3.63, 3.8) is 0 Å². The Morgan fingerprint density at radius 3 is 2.61 bits per heavy atom. The number of halogens is 1. The highest BCUT2D eigenvalue weighted by atomic mass is 35.5. The first-order chi connectivity index (χ1) is 16.1. The SMILES string of the molecule is CCCCOc1ccc(C(=O)Nc2cccc(-c3csc(Nc4cccc(Cl)c4)n3)c2)cc1. The van der Waals surface area contributed by atoms with Crippen molar-refractivity contribution in [1.82, 2.24) is 4.98 Å². The van der Waals surface area contributed by atoms with Gasteiger partial charge in [-0.2, -0.15) is 0 Å². The third-order valence-corrected chi connectivity index (χ3v) is 5.87. The number of ether oxygens (including phenoxy) is 1. The van der Waals surface area contributed by atoms with E-state index in [1.165, 1.54) is 11.3 Å². The lowest BCUT2D eigenvalue weighted by atomic mass is 10.1. The van der Waals surface area contributed by atoms with Crippen LogP contribution in [0.15, 0.2) is 78.2 Å². The van der Waals surface area contributed by atoms with E-state index in [1.54, 1.807) is 12.1 Å². The van der Waals surface area contributed by atoms with E-state index in [1.807, 2.05) is 66.0 Å². The first kappa shape index (κ1) is 22.8. The van der Waals surface area contributed by atoms with Crippen molar-refractivity contribution in [2.45, 2.75) is 19.8 Å². The summed E-state index contributed by atoms with van der Waals surface area (Å²) in [5, 5.41) is 9.63. The number of anilines is 3. The zero-order chi connectivity index (χ0) is 23.0. The van der Waals surface area contributed by atoms with Gasteiger partial charge < -0.3 is 15.4 Å². The number of unbranched alkanes of at least 4 members (excludes halogenated alkanes) is 1. The van der Waals surface area contributed by atoms with Crippen molar-refractivity contribution in [2.24, 2.45) is 0 Å². The van der Waals surface area contributed by atoms with Crippen LogP contribution in [-0.4, -0.2) is 17.5 Å². The molecule has 0 bridgehead atoms. The van der Waals surface area contributed by atoms with Gasteiger partial charge in [0.15, 0.2) is 5.13 Å². The minimum atomic E-state index is -0.172. The Labute approximate surface area is 202 Å². The van der Waals surface area contributed by atoms with Crippen molar-refractivity contribution >= 4 is 45.4 Å². The fraction of sp³-hybridized carbons (Fsp3) is 0.154. The van der Waals surface area contributed by atoms with Crippen LogP contribution in [-0.2, 0) is 0 Å². The van der Waals surface area contributed by atoms with Crippen LogP contribution in [0.2, 0.25) is 5.02 Å². The molecular weight excluding hydrogens is 454 g/mol. The lowest BCUT2D eigenvalue weighted by Crippen LogP contribution is -2.11. The molecular formula is C26H24ClN3O2S. The molecule has 168 valence electrons. The van der Waals surface area contributed by atoms with E-state index >= 15 is 0 Å². The molecule has 2 N–H and O–H groups in total. The van der Waals surface area contributed by atoms with Crippen LogP contribution in [0, 0.1) is 0 Å². The fourth-order valence-electron chi connectivity index (χ4n) is 3.15. The van der Waals surface area contributed by atoms with Crippen LogP contribution < -0.4 is 15.4 Å². The fourth-order valence-corrected chi connectivity index (χ4v) is 4.08. The maximum Gasteiger partial charge on any atom is 0.255 e. The predicted octanol–water partition coefficient (Wildman–Crippen LogP) is 7.64. The van der Waals surface area contributed by atoms with Gasteiger partial charge in [-0.15, -0.1) is 11.3 Å². The molecule has 7 heteroatoms. The standard InChI is InChI=1S/C26H24ClN3O2S/c1-2-3-14-32-23-12-10-18(11-13-23)25(31)28-21-8-4-6-19(15-21)24-17-33-26(30-24)29-22-9-5-7-20(27)16-22/h4-13,15-17H,2-3,14H2,1H3,(H,28,31)(H,29,30). The molecule has 3 aromatic carbocycles. The minimum absolute atomic E-state index is 0.172. The van der Waals surface area contributed by atoms with E-state index in [9.17, 15) is 4.79 Å². The van der Waals surface area contributed by atoms with Gasteiger partial charge in [0.1, 0.15) is 5.75 Å². The lowest BCUT2D eigenvalue weighted by molar-refractivity contribution is 0.102. The average molecular weight is 478 g/mol. The number of rotatable bonds is 9. The van der Waals surface area contributed by atoms with E-state index in [0.29, 0.717) is 22.9 Å². The maximum absolute atomic E-state index is 12.7. The Kier molecular flexibility index (Phi) is 7.60. The number of amides is 1. The van der Waals surface area contributed by atoms with Gasteiger partial charge in [0.2, 0.25) is 0 Å². The van der Waals surface area contributed by atoms with Gasteiger partial charge >= 0.3 is 0 Å². The van der Waals surface area contributed by atoms with Gasteiger partial charge in [0.25, 0.3) is 5.91 Å². The summed E-state index contributed by atoms with van der Waals surface area (Å²) in [6.45, 7) is 2.80. The van der Waals surface area contributed by atoms with Crippen LogP contribution in [0.5, 0.6) is 5.75 Å². The summed E-state index contributed by atoms with van der Waals surface area (Å²) in [5.41, 5.74) is 3.91. The molecule has 0 fully saturated rings. The zero-order valence-corrected chi connectivity index (χ0v) is 19.7. The number of hydrogen-bond acceptors (Lipinski definition) is 5. The average Bonchev–Trinajstić information content (AvgIpc) is 3.28. The Hall–Kier alpha value is -3.35. The normalized spacial score (nSPS) is 10.6. The minimum Gasteiger partial charge on any atom is -0.494 e. The van der Waals surface area contributed by atoms with E-state index in [4.69, 9.17) is 16.3 Å². The summed E-state index contributed by atoms with van der Waals surface area (Å²) < 4.78 is 5.66. The van der Waals surface area contributed by atoms with Crippen LogP contribution in [0.4, 0.5) is 16.5 Å². The largest absolute Gasteiger partial charge is 0.494 e. The second kappa shape index (κ2) is 11.0. The molecule has 0 saturated carbocycles. The topological polar surface area (TPSA) is 63.2 Å². The Morgan fingerprint density at radius 2 is 1.82 bits per heavy atom. The van der Waals surface area contributed by atoms with Gasteiger partial charge in [0, 0.05) is 32.9 Å². The maximum atomic E-state index is 12.7. The highest BCUT2D eigenvalue weighted by molar-refractivity contribution is 7.14. The quantitative estimate of drug-likeness (QED) is 0.243. The molecule has 0 aliphatic rings. The number of hydrogen-bond donors (Lipinski definition) is 2. The number of aromatic nitrogens is 1. The van der Waals surface area contributed by atoms with E-state index in [2.05, 4.69) is 22.5 Å². The Morgan fingerprint density at radius 1 is 1.03 bits per heavy atom. The molecule has 0 saturated heterocycles. The highest BCUT2D eigenvalue weighted by Crippen LogP contribution is 2.29. The summed E-state index contributed by atoms with van der Waals surface area (Å²) in [6, 6.07) is 22.3. The van der Waals surface area contributed by atoms with Crippen LogP contribution >= 0.6 is 22.9 Å². The molecule has 0 radical (unpaired) electrons. The second-order valence-electron chi connectivity index (χ2n) is 7.43. The summed E-state index contributed by atoms with van der Waals surface area (Å²) in [7, 11) is 0. The van der Waals surface area contributed by atoms with Gasteiger partial charge in [0.05, 0.1) is 12.3 Å². The number of nitrogens with zero attached hydrogens (tertiary/aromatic N) is 1. The number of thiazole rings is 1. The highest BCUT2D eigenvalue weighted by Gasteiger charge is 2.09. The second-order valence-corrected chi connectivity index (χ2v) is 8.73. The lowest BCUT2D eigenvalue weighted by Gasteiger charge is -2.08. The molecule has 0 spiro atoms. The van der Waals surface area contributed by atoms with E-state index in [0.717, 1.165) is 40.7 Å². The van der Waals surface area contributed by atoms with Crippen molar-refractivity contribution in [3.05, 3.63) is 88.8 Å². The monoisotopic (exact) mass is 477 g/mol. The first-order valence-electron chi connectivity index (χ1n) is 10.7. The van der Waals surface area contributed by atoms with Crippen molar-refractivity contribution in [3.8, 4) is 17.0 Å². The van der Waals surface area contributed by atoms with Crippen molar-refractivity contribution in [1.29, 1.82) is 0 Å². The van der Waals surface area contributed by atoms with Gasteiger partial charge in [-0.1, -0.05) is 43.1 Å². The Bertz CT molecular complexity index is 1220. The molecule has 1 aromatic heterocycles. The summed E-state index contributed by atoms with van der Waals surface area (Å²) in [4.78, 5) is 17.3. The first-order valence-corrected chi connectivity index (χ1v) is 12.0. The molecule has 1 amide bonds. The molecule has 4 rings (SSSR count). The van der Waals surface area contributed by atoms with Gasteiger partial charge in [-0.3, -0.25) is 4.79 Å². The molecule has 5 nitrogen and oxygen atoms in total. The third kappa shape index (κ3) is 6.34. The van der Waals surface area contributed by atoms with Gasteiger partial charge in [-0.05, 0) is 61.0 Å². The van der Waals surface area contributed by atoms with Crippen molar-refractivity contribution < 1.29 is 9.53 Å². The summed E-state index contributed by atoms with van der Waals surface area (Å²) in [5.74, 6) is 0.599. The van der Waals surface area contributed by atoms with Gasteiger partial charge in [-0.25, -0.2) is 4.98 Å². The number of carbonyl (C=O) groups excluding carboxylic acids is 1. The third-order valence-electron chi connectivity index (χ3n) is 4.88. The molecule has 1 heterocycles. The molecule has 0 atom stereocenters. The van der Waals surface area contributed by atoms with E-state index in [-0.39, 0.29) is 5.91 Å². The van der Waals surface area contributed by atoms with Crippen molar-refractivity contribution in [2.75, 3.05) is 17.2 Å². The molecule has 0 aliphatic carbocycles. The predicted molar refractivity (Wildman–Crippen MR) is 137 cm³/mol. The van der Waals surface area contributed by atoms with Crippen LogP contribution in [0.25, 0.3) is 11.3 Å². The smallest absolute Gasteiger partial charge is 0.255 e. The molecule has 4 aromatic rings. The number of nitrogens with one attached hydrogen (secondary N) is 2. The Balaban J connectivity index is 1.41. The van der Waals surface area contributed by atoms with Crippen LogP contribution in [0.1, 0.15) is 30.1 Å². The van der Waals surface area contributed by atoms with Crippen LogP contribution in [0.3, 0.4) is 0 Å². The molecule has 33 heavy (non-hydrogen) atoms. The summed E-state index contributed by atoms with van der Waals surface area (Å²) in [6.07, 6.45) is 2.09. The summed E-state index contributed by atoms with van der Waals surface area (Å²) >= 11 is 7.56. The molecule has 0 unspecified atom stereocenters.